The van der Waals surface area contributed by atoms with Crippen LogP contribution in [0.2, 0.25) is 0 Å². The highest BCUT2D eigenvalue weighted by atomic mass is 16.5. The van der Waals surface area contributed by atoms with Crippen LogP contribution in [0.3, 0.4) is 0 Å². The smallest absolute Gasteiger partial charge is 0.323 e. The average molecular weight is 589 g/mol. The van der Waals surface area contributed by atoms with Crippen LogP contribution in [0.4, 0.5) is 27.7 Å². The number of nitrogens with one attached hydrogen (secondary N) is 5. The fraction of sp³-hybridized carbons (Fsp3) is 0.367. The van der Waals surface area contributed by atoms with Crippen LogP contribution >= 0.6 is 0 Å². The largest absolute Gasteiger partial charge is 0.378 e. The summed E-state index contributed by atoms with van der Waals surface area (Å²) in [5, 5.41) is 10.9. The second kappa shape index (κ2) is 14.4. The van der Waals surface area contributed by atoms with Crippen molar-refractivity contribution in [1.82, 2.24) is 20.2 Å². The number of H-pyrrole nitrogens is 1. The molecule has 2 saturated heterocycles. The van der Waals surface area contributed by atoms with Gasteiger partial charge in [0.15, 0.2) is 5.82 Å². The van der Waals surface area contributed by atoms with Crippen LogP contribution in [-0.4, -0.2) is 85.7 Å². The summed E-state index contributed by atoms with van der Waals surface area (Å²) in [5.41, 5.74) is 1.83. The third-order valence-electron chi connectivity index (χ3n) is 7.40. The molecule has 0 bridgehead atoms. The van der Waals surface area contributed by atoms with E-state index in [1.165, 1.54) is 19.3 Å². The van der Waals surface area contributed by atoms with Gasteiger partial charge >= 0.3 is 6.03 Å². The number of aromatic amines is 1. The van der Waals surface area contributed by atoms with E-state index in [1.54, 1.807) is 48.5 Å². The number of amides is 4. The van der Waals surface area contributed by atoms with Crippen LogP contribution in [-0.2, 0) is 9.53 Å². The number of piperidine rings is 1. The van der Waals surface area contributed by atoms with Gasteiger partial charge in [-0.25, -0.2) is 9.78 Å². The van der Waals surface area contributed by atoms with Crippen molar-refractivity contribution in [3.05, 3.63) is 64.4 Å². The topological polar surface area (TPSA) is 161 Å². The molecule has 2 aliphatic rings. The monoisotopic (exact) mass is 588 g/mol. The Morgan fingerprint density at radius 2 is 1.56 bits per heavy atom. The Morgan fingerprint density at radius 1 is 0.907 bits per heavy atom. The molecule has 2 aliphatic heterocycles. The van der Waals surface area contributed by atoms with Crippen molar-refractivity contribution in [3.8, 4) is 11.4 Å². The van der Waals surface area contributed by atoms with Gasteiger partial charge in [-0.15, -0.1) is 0 Å². The number of nitrogens with zero attached hydrogens (tertiary/aromatic N) is 3. The maximum atomic E-state index is 12.8. The Kier molecular flexibility index (Phi) is 9.97. The maximum absolute atomic E-state index is 12.8. The summed E-state index contributed by atoms with van der Waals surface area (Å²) in [5.74, 6) is 0.557. The van der Waals surface area contributed by atoms with Crippen molar-refractivity contribution in [2.75, 3.05) is 73.3 Å². The SMILES string of the molecule is O=CNc1c(N2CCOCC2)nc(-c2ccc(NC(=O)Nc3ccc(C(=O)NCCN4CCCCC4)cc3)cc2)[nH]c1=O. The molecule has 226 valence electrons. The summed E-state index contributed by atoms with van der Waals surface area (Å²) in [6.07, 6.45) is 4.16. The number of hydrogen-bond acceptors (Lipinski definition) is 8. The van der Waals surface area contributed by atoms with Gasteiger partial charge in [0, 0.05) is 48.7 Å². The average Bonchev–Trinajstić information content (AvgIpc) is 3.03. The molecule has 0 spiro atoms. The van der Waals surface area contributed by atoms with Gasteiger partial charge in [-0.05, 0) is 74.5 Å². The Balaban J connectivity index is 1.16. The molecule has 0 aliphatic carbocycles. The quantitative estimate of drug-likeness (QED) is 0.226. The van der Waals surface area contributed by atoms with Gasteiger partial charge in [-0.1, -0.05) is 6.42 Å². The first-order valence-electron chi connectivity index (χ1n) is 14.5. The second-order valence-electron chi connectivity index (χ2n) is 10.4. The molecular weight excluding hydrogens is 552 g/mol. The predicted octanol–water partition coefficient (Wildman–Crippen LogP) is 2.70. The Bertz CT molecular complexity index is 1460. The summed E-state index contributed by atoms with van der Waals surface area (Å²) in [6, 6.07) is 13.1. The fourth-order valence-corrected chi connectivity index (χ4v) is 5.11. The molecule has 0 atom stereocenters. The highest BCUT2D eigenvalue weighted by molar-refractivity contribution is 6.00. The zero-order valence-electron chi connectivity index (χ0n) is 23.9. The lowest BCUT2D eigenvalue weighted by atomic mass is 10.1. The number of urea groups is 1. The van der Waals surface area contributed by atoms with E-state index in [2.05, 4.69) is 36.1 Å². The van der Waals surface area contributed by atoms with Gasteiger partial charge in [0.1, 0.15) is 11.5 Å². The predicted molar refractivity (Wildman–Crippen MR) is 165 cm³/mol. The number of morpholine rings is 1. The molecule has 3 aromatic rings. The summed E-state index contributed by atoms with van der Waals surface area (Å²) in [6.45, 7) is 5.69. The fourth-order valence-electron chi connectivity index (χ4n) is 5.11. The number of ether oxygens (including phenoxy) is 1. The first-order valence-corrected chi connectivity index (χ1v) is 14.5. The number of rotatable bonds is 10. The molecule has 2 fully saturated rings. The van der Waals surface area contributed by atoms with E-state index < -0.39 is 11.6 Å². The Hall–Kier alpha value is -4.75. The van der Waals surface area contributed by atoms with Crippen molar-refractivity contribution in [2.24, 2.45) is 0 Å². The third kappa shape index (κ3) is 7.96. The van der Waals surface area contributed by atoms with Crippen LogP contribution < -0.4 is 31.7 Å². The zero-order valence-corrected chi connectivity index (χ0v) is 23.9. The van der Waals surface area contributed by atoms with E-state index in [-0.39, 0.29) is 11.6 Å². The molecule has 4 amide bonds. The number of carbonyl (C=O) groups excluding carboxylic acids is 3. The van der Waals surface area contributed by atoms with Crippen LogP contribution in [0, 0.1) is 0 Å². The summed E-state index contributed by atoms with van der Waals surface area (Å²) in [7, 11) is 0. The normalized spacial score (nSPS) is 15.4. The number of hydrogen-bond donors (Lipinski definition) is 5. The van der Waals surface area contributed by atoms with Crippen molar-refractivity contribution in [2.45, 2.75) is 19.3 Å². The van der Waals surface area contributed by atoms with Crippen LogP contribution in [0.25, 0.3) is 11.4 Å². The van der Waals surface area contributed by atoms with E-state index in [4.69, 9.17) is 4.74 Å². The minimum absolute atomic E-state index is 0.0807. The lowest BCUT2D eigenvalue weighted by molar-refractivity contribution is -0.105. The molecule has 13 heteroatoms. The molecule has 5 rings (SSSR count). The van der Waals surface area contributed by atoms with Gasteiger partial charge in [0.05, 0.1) is 13.2 Å². The molecule has 0 radical (unpaired) electrons. The number of carbonyl (C=O) groups is 3. The highest BCUT2D eigenvalue weighted by Gasteiger charge is 2.20. The van der Waals surface area contributed by atoms with Crippen LogP contribution in [0.5, 0.6) is 0 Å². The highest BCUT2D eigenvalue weighted by Crippen LogP contribution is 2.25. The lowest BCUT2D eigenvalue weighted by Gasteiger charge is -2.29. The Labute approximate surface area is 249 Å². The summed E-state index contributed by atoms with van der Waals surface area (Å²) < 4.78 is 5.39. The van der Waals surface area contributed by atoms with E-state index >= 15 is 0 Å². The molecule has 2 aromatic carbocycles. The standard InChI is InChI=1S/C30H36N8O5/c39-20-32-25-27(38-16-18-43-19-17-38)35-26(36-29(25)41)21-4-8-23(9-5-21)33-30(42)34-24-10-6-22(7-11-24)28(40)31-12-15-37-13-2-1-3-14-37/h4-11,20H,1-3,12-19H2,(H,31,40)(H,32,39)(H2,33,34,42)(H,35,36,41). The second-order valence-corrected chi connectivity index (χ2v) is 10.4. The van der Waals surface area contributed by atoms with Crippen LogP contribution in [0.15, 0.2) is 53.3 Å². The molecular formula is C30H36N8O5. The maximum Gasteiger partial charge on any atom is 0.323 e. The number of benzene rings is 2. The van der Waals surface area contributed by atoms with Crippen molar-refractivity contribution < 1.29 is 19.1 Å². The molecule has 0 unspecified atom stereocenters. The number of anilines is 4. The van der Waals surface area contributed by atoms with E-state index in [0.29, 0.717) is 73.4 Å². The molecule has 3 heterocycles. The van der Waals surface area contributed by atoms with Crippen molar-refractivity contribution in [1.29, 1.82) is 0 Å². The van der Waals surface area contributed by atoms with Gasteiger partial charge in [-0.2, -0.15) is 0 Å². The van der Waals surface area contributed by atoms with Crippen LogP contribution in [0.1, 0.15) is 29.6 Å². The molecule has 0 saturated carbocycles. The van der Waals surface area contributed by atoms with Gasteiger partial charge < -0.3 is 40.8 Å². The van der Waals surface area contributed by atoms with Crippen molar-refractivity contribution >= 4 is 41.2 Å². The minimum Gasteiger partial charge on any atom is -0.378 e. The summed E-state index contributed by atoms with van der Waals surface area (Å²) in [4.78, 5) is 60.5. The number of aromatic nitrogens is 2. The molecule has 43 heavy (non-hydrogen) atoms. The van der Waals surface area contributed by atoms with Gasteiger partial charge in [0.2, 0.25) is 6.41 Å². The first kappa shape index (κ1) is 29.7. The molecule has 5 N–H and O–H groups in total. The van der Waals surface area contributed by atoms with E-state index in [9.17, 15) is 19.2 Å². The van der Waals surface area contributed by atoms with Crippen molar-refractivity contribution in [3.63, 3.8) is 0 Å². The molecule has 1 aromatic heterocycles. The lowest BCUT2D eigenvalue weighted by Crippen LogP contribution is -2.38. The summed E-state index contributed by atoms with van der Waals surface area (Å²) >= 11 is 0. The first-order chi connectivity index (χ1) is 21.0. The Morgan fingerprint density at radius 3 is 2.21 bits per heavy atom. The minimum atomic E-state index is -0.471. The molecule has 13 nitrogen and oxygen atoms in total. The van der Waals surface area contributed by atoms with Gasteiger partial charge in [-0.3, -0.25) is 14.4 Å². The van der Waals surface area contributed by atoms with Gasteiger partial charge in [0.25, 0.3) is 11.5 Å². The zero-order chi connectivity index (χ0) is 30.0. The van der Waals surface area contributed by atoms with E-state index in [0.717, 1.165) is 19.6 Å². The number of likely N-dealkylation sites (tertiary alicyclic amines) is 1. The van der Waals surface area contributed by atoms with E-state index in [1.807, 2.05) is 4.90 Å². The third-order valence-corrected chi connectivity index (χ3v) is 7.40.